The number of methoxy groups -OCH3 is 1. The van der Waals surface area contributed by atoms with E-state index in [9.17, 15) is 4.79 Å². The van der Waals surface area contributed by atoms with E-state index in [-0.39, 0.29) is 18.3 Å². The molecule has 100 valence electrons. The van der Waals surface area contributed by atoms with Gasteiger partial charge in [-0.3, -0.25) is 4.79 Å². The minimum Gasteiger partial charge on any atom is -0.469 e. The van der Waals surface area contributed by atoms with Gasteiger partial charge in [0.25, 0.3) is 0 Å². The van der Waals surface area contributed by atoms with Gasteiger partial charge in [0, 0.05) is 18.0 Å². The van der Waals surface area contributed by atoms with Gasteiger partial charge in [-0.15, -0.1) is 0 Å². The van der Waals surface area contributed by atoms with Gasteiger partial charge < -0.3 is 10.1 Å². The number of nitrogens with one attached hydrogen (secondary N) is 1. The smallest absolute Gasteiger partial charge is 0.307 e. The second-order valence-electron chi connectivity index (χ2n) is 4.25. The number of nitrogens with zero attached hydrogens (tertiary/aromatic N) is 2. The molecule has 6 heteroatoms. The van der Waals surface area contributed by atoms with Gasteiger partial charge in [0.1, 0.15) is 16.8 Å². The summed E-state index contributed by atoms with van der Waals surface area (Å²) in [6, 6.07) is 0. The summed E-state index contributed by atoms with van der Waals surface area (Å²) in [6.45, 7) is 6.30. The molecule has 0 fully saturated rings. The first-order valence-corrected chi connectivity index (χ1v) is 6.18. The first-order chi connectivity index (χ1) is 8.45. The highest BCUT2D eigenvalue weighted by Crippen LogP contribution is 2.22. The van der Waals surface area contributed by atoms with Crippen molar-refractivity contribution in [2.45, 2.75) is 33.1 Å². The van der Waals surface area contributed by atoms with Crippen LogP contribution >= 0.6 is 11.6 Å². The fourth-order valence-electron chi connectivity index (χ4n) is 1.32. The number of halogens is 1. The van der Waals surface area contributed by atoms with Crippen LogP contribution in [0.15, 0.2) is 0 Å². The van der Waals surface area contributed by atoms with E-state index in [0.29, 0.717) is 23.3 Å². The van der Waals surface area contributed by atoms with Crippen molar-refractivity contribution in [1.82, 2.24) is 9.97 Å². The molecular formula is C12H18ClN3O2. The zero-order valence-corrected chi connectivity index (χ0v) is 11.8. The Morgan fingerprint density at radius 3 is 2.67 bits per heavy atom. The first-order valence-electron chi connectivity index (χ1n) is 5.80. The number of hydrogen-bond acceptors (Lipinski definition) is 5. The van der Waals surface area contributed by atoms with Gasteiger partial charge in [-0.1, -0.05) is 25.4 Å². The second kappa shape index (κ2) is 6.54. The summed E-state index contributed by atoms with van der Waals surface area (Å²) in [4.78, 5) is 19.6. The van der Waals surface area contributed by atoms with Crippen molar-refractivity contribution in [1.29, 1.82) is 0 Å². The van der Waals surface area contributed by atoms with Gasteiger partial charge in [0.15, 0.2) is 0 Å². The molecule has 0 amide bonds. The highest BCUT2D eigenvalue weighted by molar-refractivity contribution is 6.30. The molecule has 0 aliphatic carbocycles. The molecule has 1 aromatic heterocycles. The first kappa shape index (κ1) is 14.7. The summed E-state index contributed by atoms with van der Waals surface area (Å²) < 4.78 is 4.57. The molecule has 5 nitrogen and oxygen atoms in total. The average molecular weight is 272 g/mol. The van der Waals surface area contributed by atoms with Crippen molar-refractivity contribution in [3.8, 4) is 0 Å². The lowest BCUT2D eigenvalue weighted by Crippen LogP contribution is -2.13. The second-order valence-corrected chi connectivity index (χ2v) is 4.61. The molecule has 0 radical (unpaired) electrons. The third kappa shape index (κ3) is 3.84. The third-order valence-electron chi connectivity index (χ3n) is 2.47. The Hall–Kier alpha value is -1.36. The van der Waals surface area contributed by atoms with Crippen LogP contribution in [0, 0.1) is 6.92 Å². The van der Waals surface area contributed by atoms with E-state index in [2.05, 4.69) is 20.0 Å². The van der Waals surface area contributed by atoms with Gasteiger partial charge in [-0.25, -0.2) is 9.97 Å². The van der Waals surface area contributed by atoms with Gasteiger partial charge in [-0.05, 0) is 6.92 Å². The Morgan fingerprint density at radius 2 is 2.11 bits per heavy atom. The molecule has 0 saturated carbocycles. The average Bonchev–Trinajstić information content (AvgIpc) is 2.33. The normalized spacial score (nSPS) is 10.6. The van der Waals surface area contributed by atoms with E-state index in [1.807, 2.05) is 20.8 Å². The van der Waals surface area contributed by atoms with Crippen molar-refractivity contribution >= 4 is 23.4 Å². The van der Waals surface area contributed by atoms with E-state index >= 15 is 0 Å². The molecule has 0 saturated heterocycles. The number of hydrogen-bond donors (Lipinski definition) is 1. The van der Waals surface area contributed by atoms with Crippen molar-refractivity contribution in [2.24, 2.45) is 0 Å². The molecule has 1 heterocycles. The highest BCUT2D eigenvalue weighted by Gasteiger charge is 2.11. The van der Waals surface area contributed by atoms with E-state index < -0.39 is 0 Å². The number of esters is 1. The SMILES string of the molecule is COC(=O)CCNc1nc(C(C)C)nc(Cl)c1C. The molecule has 1 rings (SSSR count). The number of anilines is 1. The van der Waals surface area contributed by atoms with Crippen LogP contribution in [0.1, 0.15) is 37.6 Å². The maximum absolute atomic E-state index is 11.0. The quantitative estimate of drug-likeness (QED) is 0.659. The maximum atomic E-state index is 11.0. The van der Waals surface area contributed by atoms with Crippen molar-refractivity contribution in [3.05, 3.63) is 16.5 Å². The number of ether oxygens (including phenoxy) is 1. The van der Waals surface area contributed by atoms with Crippen molar-refractivity contribution in [3.63, 3.8) is 0 Å². The highest BCUT2D eigenvalue weighted by atomic mass is 35.5. The molecule has 0 bridgehead atoms. The van der Waals surface area contributed by atoms with E-state index in [1.165, 1.54) is 7.11 Å². The molecule has 0 atom stereocenters. The summed E-state index contributed by atoms with van der Waals surface area (Å²) in [6.07, 6.45) is 0.286. The zero-order chi connectivity index (χ0) is 13.7. The van der Waals surface area contributed by atoms with Crippen LogP contribution in [0.2, 0.25) is 5.15 Å². The number of aromatic nitrogens is 2. The molecule has 0 aliphatic rings. The standard InChI is InChI=1S/C12H18ClN3O2/c1-7(2)11-15-10(13)8(3)12(16-11)14-6-5-9(17)18-4/h7H,5-6H2,1-4H3,(H,14,15,16). The molecule has 0 aliphatic heterocycles. The lowest BCUT2D eigenvalue weighted by atomic mass is 10.2. The Bertz CT molecular complexity index is 436. The molecule has 0 spiro atoms. The topological polar surface area (TPSA) is 64.1 Å². The fraction of sp³-hybridized carbons (Fsp3) is 0.583. The van der Waals surface area contributed by atoms with Crippen LogP contribution in [0.5, 0.6) is 0 Å². The summed E-state index contributed by atoms with van der Waals surface area (Å²) in [5, 5.41) is 3.52. The monoisotopic (exact) mass is 271 g/mol. The molecule has 0 unspecified atom stereocenters. The number of carbonyl (C=O) groups excluding carboxylic acids is 1. The van der Waals surface area contributed by atoms with Crippen molar-refractivity contribution in [2.75, 3.05) is 19.0 Å². The van der Waals surface area contributed by atoms with Gasteiger partial charge in [-0.2, -0.15) is 0 Å². The molecule has 0 aromatic carbocycles. The van der Waals surface area contributed by atoms with Crippen molar-refractivity contribution < 1.29 is 9.53 Å². The van der Waals surface area contributed by atoms with Crippen LogP contribution in [-0.4, -0.2) is 29.6 Å². The van der Waals surface area contributed by atoms with E-state index in [4.69, 9.17) is 11.6 Å². The van der Waals surface area contributed by atoms with Gasteiger partial charge in [0.05, 0.1) is 13.5 Å². The Balaban J connectivity index is 2.78. The lowest BCUT2D eigenvalue weighted by Gasteiger charge is -2.12. The fourth-order valence-corrected chi connectivity index (χ4v) is 1.50. The molecular weight excluding hydrogens is 254 g/mol. The van der Waals surface area contributed by atoms with Gasteiger partial charge in [0.2, 0.25) is 0 Å². The molecule has 1 aromatic rings. The Morgan fingerprint density at radius 1 is 1.44 bits per heavy atom. The van der Waals surface area contributed by atoms with Crippen LogP contribution in [0.3, 0.4) is 0 Å². The van der Waals surface area contributed by atoms with Gasteiger partial charge >= 0.3 is 5.97 Å². The van der Waals surface area contributed by atoms with Crippen LogP contribution in [-0.2, 0) is 9.53 Å². The third-order valence-corrected chi connectivity index (χ3v) is 2.84. The summed E-state index contributed by atoms with van der Waals surface area (Å²) >= 11 is 6.05. The van der Waals surface area contributed by atoms with E-state index in [0.717, 1.165) is 5.56 Å². The summed E-state index contributed by atoms with van der Waals surface area (Å²) in [5.74, 6) is 1.29. The van der Waals surface area contributed by atoms with Crippen LogP contribution < -0.4 is 5.32 Å². The number of carbonyl (C=O) groups is 1. The maximum Gasteiger partial charge on any atom is 0.307 e. The largest absolute Gasteiger partial charge is 0.469 e. The molecule has 1 N–H and O–H groups in total. The van der Waals surface area contributed by atoms with Crippen LogP contribution in [0.4, 0.5) is 5.82 Å². The predicted octanol–water partition coefficient (Wildman–Crippen LogP) is 2.54. The summed E-state index contributed by atoms with van der Waals surface area (Å²) in [7, 11) is 1.37. The minimum absolute atomic E-state index is 0.198. The molecule has 18 heavy (non-hydrogen) atoms. The van der Waals surface area contributed by atoms with E-state index in [1.54, 1.807) is 0 Å². The Labute approximate surface area is 112 Å². The van der Waals surface area contributed by atoms with Crippen LogP contribution in [0.25, 0.3) is 0 Å². The zero-order valence-electron chi connectivity index (χ0n) is 11.1. The Kier molecular flexibility index (Phi) is 5.34. The number of rotatable bonds is 5. The minimum atomic E-state index is -0.260. The summed E-state index contributed by atoms with van der Waals surface area (Å²) in [5.41, 5.74) is 0.783. The predicted molar refractivity (Wildman–Crippen MR) is 71.0 cm³/mol. The lowest BCUT2D eigenvalue weighted by molar-refractivity contribution is -0.140.